The van der Waals surface area contributed by atoms with Crippen LogP contribution in [-0.2, 0) is 0 Å². The van der Waals surface area contributed by atoms with Crippen molar-refractivity contribution in [1.29, 1.82) is 0 Å². The van der Waals surface area contributed by atoms with E-state index in [1.165, 1.54) is 44.1 Å². The van der Waals surface area contributed by atoms with Gasteiger partial charge in [-0.2, -0.15) is 0 Å². The van der Waals surface area contributed by atoms with Gasteiger partial charge in [-0.25, -0.2) is 0 Å². The minimum atomic E-state index is 0.662. The fourth-order valence-corrected chi connectivity index (χ4v) is 2.65. The Morgan fingerprint density at radius 1 is 1.27 bits per heavy atom. The van der Waals surface area contributed by atoms with Crippen LogP contribution in [0.3, 0.4) is 0 Å². The predicted molar refractivity (Wildman–Crippen MR) is 48.4 cm³/mol. The van der Waals surface area contributed by atoms with Crippen molar-refractivity contribution in [2.45, 2.75) is 45.4 Å². The lowest BCUT2D eigenvalue weighted by Gasteiger charge is -2.33. The molecule has 2 aliphatic rings. The summed E-state index contributed by atoms with van der Waals surface area (Å²) in [5.41, 5.74) is 2.18. The van der Waals surface area contributed by atoms with Crippen molar-refractivity contribution < 1.29 is 0 Å². The second-order valence-electron chi connectivity index (χ2n) is 4.63. The number of rotatable bonds is 1. The van der Waals surface area contributed by atoms with Gasteiger partial charge in [0.25, 0.3) is 0 Å². The van der Waals surface area contributed by atoms with E-state index in [0.29, 0.717) is 5.41 Å². The number of hydrogen-bond acceptors (Lipinski definition) is 0. The molecule has 62 valence electrons. The molecule has 0 amide bonds. The van der Waals surface area contributed by atoms with E-state index in [0.717, 1.165) is 5.92 Å². The second kappa shape index (κ2) is 2.36. The van der Waals surface area contributed by atoms with Crippen LogP contribution < -0.4 is 0 Å². The van der Waals surface area contributed by atoms with Crippen LogP contribution in [-0.4, -0.2) is 0 Å². The van der Waals surface area contributed by atoms with Crippen LogP contribution in [0.2, 0.25) is 0 Å². The van der Waals surface area contributed by atoms with Crippen molar-refractivity contribution >= 4 is 0 Å². The molecule has 0 bridgehead atoms. The van der Waals surface area contributed by atoms with Crippen LogP contribution in [0.1, 0.15) is 45.4 Å². The van der Waals surface area contributed by atoms with Crippen molar-refractivity contribution in [3.8, 4) is 0 Å². The fraction of sp³-hybridized carbons (Fsp3) is 0.818. The fourth-order valence-electron chi connectivity index (χ4n) is 2.65. The van der Waals surface area contributed by atoms with Crippen LogP contribution in [0, 0.1) is 11.3 Å². The Morgan fingerprint density at radius 2 is 1.82 bits per heavy atom. The second-order valence-corrected chi connectivity index (χ2v) is 4.63. The van der Waals surface area contributed by atoms with Gasteiger partial charge >= 0.3 is 0 Å². The van der Waals surface area contributed by atoms with Crippen molar-refractivity contribution in [3.05, 3.63) is 12.2 Å². The minimum Gasteiger partial charge on any atom is -0.0995 e. The molecular weight excluding hydrogens is 132 g/mol. The van der Waals surface area contributed by atoms with Gasteiger partial charge < -0.3 is 0 Å². The van der Waals surface area contributed by atoms with E-state index in [1.807, 2.05) is 0 Å². The molecule has 0 heteroatoms. The molecule has 0 aromatic rings. The summed E-state index contributed by atoms with van der Waals surface area (Å²) >= 11 is 0. The first-order valence-corrected chi connectivity index (χ1v) is 4.90. The average molecular weight is 150 g/mol. The first-order chi connectivity index (χ1) is 5.22. The van der Waals surface area contributed by atoms with Gasteiger partial charge in [-0.15, -0.1) is 0 Å². The zero-order valence-corrected chi connectivity index (χ0v) is 7.53. The number of hydrogen-bond donors (Lipinski definition) is 0. The van der Waals surface area contributed by atoms with E-state index in [-0.39, 0.29) is 0 Å². The normalized spacial score (nSPS) is 35.4. The third kappa shape index (κ3) is 1.23. The molecule has 2 fully saturated rings. The van der Waals surface area contributed by atoms with Crippen molar-refractivity contribution in [2.24, 2.45) is 11.3 Å². The summed E-state index contributed by atoms with van der Waals surface area (Å²) in [6.07, 6.45) is 8.62. The molecule has 2 rings (SSSR count). The zero-order valence-electron chi connectivity index (χ0n) is 7.53. The Labute approximate surface area is 69.7 Å². The third-order valence-electron chi connectivity index (χ3n) is 3.64. The summed E-state index contributed by atoms with van der Waals surface area (Å²) in [6, 6.07) is 0. The highest BCUT2D eigenvalue weighted by Crippen LogP contribution is 2.55. The van der Waals surface area contributed by atoms with Crippen LogP contribution in [0.15, 0.2) is 12.2 Å². The van der Waals surface area contributed by atoms with Crippen molar-refractivity contribution in [2.75, 3.05) is 0 Å². The van der Waals surface area contributed by atoms with E-state index in [1.54, 1.807) is 0 Å². The molecule has 0 aromatic carbocycles. The number of allylic oxidation sites excluding steroid dienone is 1. The molecule has 0 unspecified atom stereocenters. The molecule has 0 nitrogen and oxygen atoms in total. The van der Waals surface area contributed by atoms with Gasteiger partial charge in [0.15, 0.2) is 0 Å². The molecule has 11 heavy (non-hydrogen) atoms. The zero-order chi connectivity index (χ0) is 7.90. The summed E-state index contributed by atoms with van der Waals surface area (Å²) in [7, 11) is 0. The lowest BCUT2D eigenvalue weighted by molar-refractivity contribution is 0.187. The molecule has 0 saturated heterocycles. The van der Waals surface area contributed by atoms with Crippen LogP contribution in [0.25, 0.3) is 0 Å². The van der Waals surface area contributed by atoms with E-state index < -0.39 is 0 Å². The summed E-state index contributed by atoms with van der Waals surface area (Å²) in [5, 5.41) is 0. The van der Waals surface area contributed by atoms with Gasteiger partial charge in [-0.3, -0.25) is 0 Å². The van der Waals surface area contributed by atoms with E-state index in [4.69, 9.17) is 0 Å². The molecule has 0 spiro atoms. The summed E-state index contributed by atoms with van der Waals surface area (Å²) in [4.78, 5) is 0. The molecule has 0 heterocycles. The highest BCUT2D eigenvalue weighted by atomic mass is 14.5. The van der Waals surface area contributed by atoms with Gasteiger partial charge in [-0.1, -0.05) is 38.3 Å². The quantitative estimate of drug-likeness (QED) is 0.502. The molecule has 0 aromatic heterocycles. The van der Waals surface area contributed by atoms with E-state index >= 15 is 0 Å². The Hall–Kier alpha value is -0.260. The van der Waals surface area contributed by atoms with Crippen molar-refractivity contribution in [1.82, 2.24) is 0 Å². The molecule has 1 atom stereocenters. The largest absolute Gasteiger partial charge is 0.0995 e. The summed E-state index contributed by atoms with van der Waals surface area (Å²) < 4.78 is 0. The maximum absolute atomic E-state index is 4.07. The topological polar surface area (TPSA) is 0 Å². The lowest BCUT2D eigenvalue weighted by Crippen LogP contribution is -2.22. The van der Waals surface area contributed by atoms with Gasteiger partial charge in [0.1, 0.15) is 0 Å². The Bertz CT molecular complexity index is 172. The molecule has 0 radical (unpaired) electrons. The van der Waals surface area contributed by atoms with Gasteiger partial charge in [0.2, 0.25) is 0 Å². The Morgan fingerprint density at radius 3 is 2.27 bits per heavy atom. The van der Waals surface area contributed by atoms with E-state index in [2.05, 4.69) is 13.5 Å². The molecular formula is C11H18. The van der Waals surface area contributed by atoms with Gasteiger partial charge in [0.05, 0.1) is 0 Å². The Balaban J connectivity index is 2.02. The first-order valence-electron chi connectivity index (χ1n) is 4.90. The highest BCUT2D eigenvalue weighted by Gasteiger charge is 2.44. The van der Waals surface area contributed by atoms with Crippen molar-refractivity contribution in [3.63, 3.8) is 0 Å². The molecule has 0 aliphatic heterocycles. The highest BCUT2D eigenvalue weighted by molar-refractivity contribution is 5.23. The van der Waals surface area contributed by atoms with Crippen LogP contribution >= 0.6 is 0 Å². The van der Waals surface area contributed by atoms with Crippen LogP contribution in [0.4, 0.5) is 0 Å². The van der Waals surface area contributed by atoms with Gasteiger partial charge in [0, 0.05) is 0 Å². The summed E-state index contributed by atoms with van der Waals surface area (Å²) in [6.45, 7) is 6.54. The monoisotopic (exact) mass is 150 g/mol. The first kappa shape index (κ1) is 7.39. The van der Waals surface area contributed by atoms with Crippen LogP contribution in [0.5, 0.6) is 0 Å². The maximum Gasteiger partial charge on any atom is -0.0114 e. The minimum absolute atomic E-state index is 0.662. The standard InChI is InChI=1S/C11H18/c1-9-8-10(9)11(2)6-4-3-5-7-11/h10H,1,3-8H2,2H3/t10-/m0/s1. The average Bonchev–Trinajstić information content (AvgIpc) is 2.69. The smallest absolute Gasteiger partial charge is 0.0114 e. The molecule has 2 aliphatic carbocycles. The SMILES string of the molecule is C=C1C[C@@H]1C1(C)CCCCC1. The third-order valence-corrected chi connectivity index (χ3v) is 3.64. The maximum atomic E-state index is 4.07. The van der Waals surface area contributed by atoms with E-state index in [9.17, 15) is 0 Å². The lowest BCUT2D eigenvalue weighted by atomic mass is 9.72. The Kier molecular flexibility index (Phi) is 1.59. The predicted octanol–water partition coefficient (Wildman–Crippen LogP) is 3.53. The molecule has 2 saturated carbocycles. The summed E-state index contributed by atoms with van der Waals surface area (Å²) in [5.74, 6) is 0.905. The molecule has 0 N–H and O–H groups in total. The van der Waals surface area contributed by atoms with Gasteiger partial charge in [-0.05, 0) is 30.6 Å².